The van der Waals surface area contributed by atoms with Crippen LogP contribution in [0.2, 0.25) is 5.02 Å². The minimum atomic E-state index is 0.765. The Labute approximate surface area is 111 Å². The average Bonchev–Trinajstić information content (AvgIpc) is 2.73. The summed E-state index contributed by atoms with van der Waals surface area (Å²) in [7, 11) is 0. The van der Waals surface area contributed by atoms with Crippen LogP contribution in [-0.2, 0) is 0 Å². The van der Waals surface area contributed by atoms with Gasteiger partial charge in [0.25, 0.3) is 0 Å². The summed E-state index contributed by atoms with van der Waals surface area (Å²) in [4.78, 5) is 3.46. The summed E-state index contributed by atoms with van der Waals surface area (Å²) in [6.07, 6.45) is 0. The third kappa shape index (κ3) is 1.91. The summed E-state index contributed by atoms with van der Waals surface area (Å²) in [5.41, 5.74) is 6.11. The van der Waals surface area contributed by atoms with Crippen molar-refractivity contribution in [3.63, 3.8) is 0 Å². The van der Waals surface area contributed by atoms with Gasteiger partial charge in [-0.3, -0.25) is 0 Å². The van der Waals surface area contributed by atoms with Gasteiger partial charge in [-0.15, -0.1) is 0 Å². The molecule has 0 saturated heterocycles. The SMILES string of the molecule is Cc1cc2cc(-c3ccc(Cl)cc3)[nH]c2cc1C. The maximum atomic E-state index is 5.91. The number of hydrogen-bond donors (Lipinski definition) is 1. The first-order chi connectivity index (χ1) is 8.63. The second-order valence-corrected chi connectivity index (χ2v) is 5.15. The standard InChI is InChI=1S/C16H14ClN/c1-10-7-13-9-16(18-15(13)8-11(10)2)12-3-5-14(17)6-4-12/h3-9,18H,1-2H3. The van der Waals surface area contributed by atoms with Crippen molar-refractivity contribution >= 4 is 22.5 Å². The van der Waals surface area contributed by atoms with Crippen LogP contribution in [0.1, 0.15) is 11.1 Å². The molecule has 0 aliphatic rings. The third-order valence-electron chi connectivity index (χ3n) is 3.39. The van der Waals surface area contributed by atoms with Crippen molar-refractivity contribution < 1.29 is 0 Å². The third-order valence-corrected chi connectivity index (χ3v) is 3.64. The van der Waals surface area contributed by atoms with E-state index in [0.717, 1.165) is 16.3 Å². The molecule has 1 heterocycles. The quantitative estimate of drug-likeness (QED) is 0.622. The zero-order valence-corrected chi connectivity index (χ0v) is 11.2. The number of aryl methyl sites for hydroxylation is 2. The molecule has 3 rings (SSSR count). The number of H-pyrrole nitrogens is 1. The van der Waals surface area contributed by atoms with Crippen LogP contribution < -0.4 is 0 Å². The summed E-state index contributed by atoms with van der Waals surface area (Å²) >= 11 is 5.91. The molecular formula is C16H14ClN. The second kappa shape index (κ2) is 4.18. The fraction of sp³-hybridized carbons (Fsp3) is 0.125. The number of fused-ring (bicyclic) bond motifs is 1. The number of aromatic amines is 1. The van der Waals surface area contributed by atoms with E-state index in [1.54, 1.807) is 0 Å². The molecule has 0 spiro atoms. The average molecular weight is 256 g/mol. The molecule has 0 aliphatic carbocycles. The predicted octanol–water partition coefficient (Wildman–Crippen LogP) is 5.11. The van der Waals surface area contributed by atoms with E-state index in [1.165, 1.54) is 22.0 Å². The highest BCUT2D eigenvalue weighted by atomic mass is 35.5. The molecule has 3 aromatic rings. The Bertz CT molecular complexity index is 669. The lowest BCUT2D eigenvalue weighted by Crippen LogP contribution is -1.79. The van der Waals surface area contributed by atoms with Gasteiger partial charge >= 0.3 is 0 Å². The molecule has 1 aromatic heterocycles. The van der Waals surface area contributed by atoms with E-state index in [9.17, 15) is 0 Å². The van der Waals surface area contributed by atoms with E-state index in [2.05, 4.69) is 37.0 Å². The Kier molecular flexibility index (Phi) is 2.64. The number of aromatic nitrogens is 1. The molecule has 0 atom stereocenters. The van der Waals surface area contributed by atoms with Crippen molar-refractivity contribution in [1.29, 1.82) is 0 Å². The van der Waals surface area contributed by atoms with E-state index in [-0.39, 0.29) is 0 Å². The molecule has 0 aliphatic heterocycles. The molecule has 0 fully saturated rings. The first-order valence-electron chi connectivity index (χ1n) is 5.99. The lowest BCUT2D eigenvalue weighted by molar-refractivity contribution is 1.35. The normalized spacial score (nSPS) is 11.1. The fourth-order valence-corrected chi connectivity index (χ4v) is 2.31. The number of nitrogens with one attached hydrogen (secondary N) is 1. The molecule has 18 heavy (non-hydrogen) atoms. The fourth-order valence-electron chi connectivity index (χ4n) is 2.19. The zero-order valence-electron chi connectivity index (χ0n) is 10.4. The Morgan fingerprint density at radius 1 is 0.889 bits per heavy atom. The molecule has 0 radical (unpaired) electrons. The van der Waals surface area contributed by atoms with Gasteiger partial charge in [0.05, 0.1) is 0 Å². The minimum absolute atomic E-state index is 0.765. The van der Waals surface area contributed by atoms with Crippen molar-refractivity contribution in [2.75, 3.05) is 0 Å². The first-order valence-corrected chi connectivity index (χ1v) is 6.37. The highest BCUT2D eigenvalue weighted by Gasteiger charge is 2.05. The molecule has 1 nitrogen and oxygen atoms in total. The lowest BCUT2D eigenvalue weighted by Gasteiger charge is -1.98. The van der Waals surface area contributed by atoms with Crippen LogP contribution in [0.5, 0.6) is 0 Å². The van der Waals surface area contributed by atoms with Crippen LogP contribution in [0.25, 0.3) is 22.2 Å². The summed E-state index contributed by atoms with van der Waals surface area (Å²) in [6, 6.07) is 14.5. The topological polar surface area (TPSA) is 15.8 Å². The van der Waals surface area contributed by atoms with E-state index < -0.39 is 0 Å². The molecule has 2 heteroatoms. The summed E-state index contributed by atoms with van der Waals surface area (Å²) < 4.78 is 0. The van der Waals surface area contributed by atoms with E-state index in [0.29, 0.717) is 0 Å². The molecular weight excluding hydrogens is 242 g/mol. The van der Waals surface area contributed by atoms with Gasteiger partial charge in [0.1, 0.15) is 0 Å². The summed E-state index contributed by atoms with van der Waals surface area (Å²) in [5.74, 6) is 0. The zero-order chi connectivity index (χ0) is 12.7. The van der Waals surface area contributed by atoms with Crippen LogP contribution in [0.4, 0.5) is 0 Å². The van der Waals surface area contributed by atoms with Gasteiger partial charge in [-0.25, -0.2) is 0 Å². The van der Waals surface area contributed by atoms with Crippen molar-refractivity contribution in [2.24, 2.45) is 0 Å². The van der Waals surface area contributed by atoms with Crippen molar-refractivity contribution in [2.45, 2.75) is 13.8 Å². The van der Waals surface area contributed by atoms with Crippen LogP contribution >= 0.6 is 11.6 Å². The Balaban J connectivity index is 2.16. The molecule has 90 valence electrons. The van der Waals surface area contributed by atoms with Gasteiger partial charge in [0.2, 0.25) is 0 Å². The number of benzene rings is 2. The van der Waals surface area contributed by atoms with Crippen LogP contribution in [0, 0.1) is 13.8 Å². The van der Waals surface area contributed by atoms with Gasteiger partial charge in [-0.1, -0.05) is 23.7 Å². The Hall–Kier alpha value is -1.73. The molecule has 0 bridgehead atoms. The van der Waals surface area contributed by atoms with E-state index in [4.69, 9.17) is 11.6 Å². The molecule has 0 unspecified atom stereocenters. The van der Waals surface area contributed by atoms with Crippen molar-refractivity contribution in [3.8, 4) is 11.3 Å². The largest absolute Gasteiger partial charge is 0.355 e. The first kappa shape index (κ1) is 11.4. The minimum Gasteiger partial charge on any atom is -0.355 e. The van der Waals surface area contributed by atoms with Gasteiger partial charge < -0.3 is 4.98 Å². The second-order valence-electron chi connectivity index (χ2n) is 4.71. The van der Waals surface area contributed by atoms with Gasteiger partial charge in [-0.2, -0.15) is 0 Å². The Morgan fingerprint density at radius 3 is 2.28 bits per heavy atom. The van der Waals surface area contributed by atoms with Gasteiger partial charge in [0, 0.05) is 21.6 Å². The maximum Gasteiger partial charge on any atom is 0.0464 e. The summed E-state index contributed by atoms with van der Waals surface area (Å²) in [6.45, 7) is 4.28. The van der Waals surface area contributed by atoms with Crippen LogP contribution in [0.15, 0.2) is 42.5 Å². The van der Waals surface area contributed by atoms with E-state index >= 15 is 0 Å². The van der Waals surface area contributed by atoms with Crippen molar-refractivity contribution in [3.05, 3.63) is 58.6 Å². The predicted molar refractivity (Wildman–Crippen MR) is 78.2 cm³/mol. The molecule has 1 N–H and O–H groups in total. The lowest BCUT2D eigenvalue weighted by atomic mass is 10.1. The molecule has 2 aromatic carbocycles. The van der Waals surface area contributed by atoms with Crippen LogP contribution in [0.3, 0.4) is 0 Å². The van der Waals surface area contributed by atoms with Gasteiger partial charge in [-0.05, 0) is 60.9 Å². The molecule has 0 amide bonds. The maximum absolute atomic E-state index is 5.91. The van der Waals surface area contributed by atoms with Crippen molar-refractivity contribution in [1.82, 2.24) is 4.98 Å². The van der Waals surface area contributed by atoms with Crippen LogP contribution in [-0.4, -0.2) is 4.98 Å². The number of hydrogen-bond acceptors (Lipinski definition) is 0. The monoisotopic (exact) mass is 255 g/mol. The highest BCUT2D eigenvalue weighted by Crippen LogP contribution is 2.27. The smallest absolute Gasteiger partial charge is 0.0464 e. The Morgan fingerprint density at radius 2 is 1.56 bits per heavy atom. The summed E-state index contributed by atoms with van der Waals surface area (Å²) in [5, 5.41) is 2.02. The van der Waals surface area contributed by atoms with Gasteiger partial charge in [0.15, 0.2) is 0 Å². The molecule has 0 saturated carbocycles. The number of halogens is 1. The van der Waals surface area contributed by atoms with E-state index in [1.807, 2.05) is 24.3 Å². The highest BCUT2D eigenvalue weighted by molar-refractivity contribution is 6.30. The number of rotatable bonds is 1.